The number of nitroso groups, excluding NO2 is 2. The van der Waals surface area contributed by atoms with Gasteiger partial charge in [0.25, 0.3) is 0 Å². The first-order valence-electron chi connectivity index (χ1n) is 2.45. The molecule has 1 atom stereocenters. The minimum Gasteiger partial charge on any atom is -0.194 e. The summed E-state index contributed by atoms with van der Waals surface area (Å²) >= 11 is 0. The lowest BCUT2D eigenvalue weighted by Crippen LogP contribution is -2.52. The number of hydrogen-bond acceptors (Lipinski definition) is 4. The normalized spacial score (nSPS) is 17.7. The SMILES string of the molecule is O=NC(F)(F)C(F)(N=O)C(F)(F)F. The van der Waals surface area contributed by atoms with Gasteiger partial charge in [-0.05, 0) is 5.18 Å². The van der Waals surface area contributed by atoms with Crippen LogP contribution in [0.3, 0.4) is 0 Å². The van der Waals surface area contributed by atoms with Crippen molar-refractivity contribution in [1.82, 2.24) is 0 Å². The molecular weight excluding hydrogens is 210 g/mol. The highest BCUT2D eigenvalue weighted by atomic mass is 19.4. The summed E-state index contributed by atoms with van der Waals surface area (Å²) < 4.78 is 70.1. The van der Waals surface area contributed by atoms with Crippen LogP contribution in [-0.2, 0) is 0 Å². The van der Waals surface area contributed by atoms with Gasteiger partial charge >= 0.3 is 18.0 Å². The molecule has 0 aromatic carbocycles. The predicted octanol–water partition coefficient (Wildman–Crippen LogP) is 2.34. The predicted molar refractivity (Wildman–Crippen MR) is 26.4 cm³/mol. The maximum Gasteiger partial charge on any atom is 0.456 e. The topological polar surface area (TPSA) is 58.9 Å². The van der Waals surface area contributed by atoms with Gasteiger partial charge in [-0.1, -0.05) is 0 Å². The standard InChI is InChI=1S/C3F6N2O2/c4-1(10-12,2(5,6)7)3(8,9)11-13. The summed E-state index contributed by atoms with van der Waals surface area (Å²) in [6, 6.07) is -5.77. The van der Waals surface area contributed by atoms with Gasteiger partial charge in [-0.15, -0.1) is 9.81 Å². The molecule has 0 aliphatic heterocycles. The van der Waals surface area contributed by atoms with Crippen molar-refractivity contribution in [1.29, 1.82) is 0 Å². The molecule has 10 heteroatoms. The maximum absolute atomic E-state index is 12.2. The van der Waals surface area contributed by atoms with Crippen LogP contribution in [0, 0.1) is 9.81 Å². The van der Waals surface area contributed by atoms with Crippen LogP contribution in [0.15, 0.2) is 10.4 Å². The zero-order chi connectivity index (χ0) is 10.9. The van der Waals surface area contributed by atoms with Gasteiger partial charge in [0.15, 0.2) is 0 Å². The Labute approximate surface area is 65.9 Å². The fraction of sp³-hybridized carbons (Fsp3) is 1.00. The van der Waals surface area contributed by atoms with Gasteiger partial charge in [-0.3, -0.25) is 0 Å². The Morgan fingerprint density at radius 2 is 1.15 bits per heavy atom. The summed E-state index contributed by atoms with van der Waals surface area (Å²) in [5.41, 5.74) is 0. The van der Waals surface area contributed by atoms with E-state index < -0.39 is 18.0 Å². The molecule has 0 saturated carbocycles. The molecule has 0 fully saturated rings. The summed E-state index contributed by atoms with van der Waals surface area (Å²) in [4.78, 5) is 18.4. The molecule has 0 saturated heterocycles. The van der Waals surface area contributed by atoms with Crippen LogP contribution < -0.4 is 0 Å². The van der Waals surface area contributed by atoms with E-state index in [1.807, 2.05) is 0 Å². The number of rotatable bonds is 3. The van der Waals surface area contributed by atoms with Gasteiger partial charge < -0.3 is 0 Å². The molecule has 0 amide bonds. The second kappa shape index (κ2) is 2.92. The van der Waals surface area contributed by atoms with E-state index in [4.69, 9.17) is 4.91 Å². The van der Waals surface area contributed by atoms with Crippen molar-refractivity contribution < 1.29 is 26.3 Å². The van der Waals surface area contributed by atoms with E-state index in [1.54, 1.807) is 0 Å². The molecule has 76 valence electrons. The molecule has 13 heavy (non-hydrogen) atoms. The van der Waals surface area contributed by atoms with E-state index in [0.717, 1.165) is 0 Å². The third-order valence-corrected chi connectivity index (χ3v) is 1.01. The lowest BCUT2D eigenvalue weighted by Gasteiger charge is -2.23. The monoisotopic (exact) mass is 210 g/mol. The zero-order valence-electron chi connectivity index (χ0n) is 5.48. The largest absolute Gasteiger partial charge is 0.456 e. The fourth-order valence-electron chi connectivity index (χ4n) is 0.338. The number of nitrogens with zero attached hydrogens (tertiary/aromatic N) is 2. The summed E-state index contributed by atoms with van der Waals surface area (Å²) in [5, 5.41) is 1.11. The van der Waals surface area contributed by atoms with Crippen LogP contribution in [0.4, 0.5) is 26.3 Å². The van der Waals surface area contributed by atoms with Crippen LogP contribution in [0.25, 0.3) is 0 Å². The van der Waals surface area contributed by atoms with E-state index >= 15 is 0 Å². The average molecular weight is 210 g/mol. The van der Waals surface area contributed by atoms with Crippen LogP contribution >= 0.6 is 0 Å². The minimum absolute atomic E-state index is 0.548. The molecule has 0 rings (SSSR count). The highest BCUT2D eigenvalue weighted by Gasteiger charge is 2.75. The summed E-state index contributed by atoms with van der Waals surface area (Å²) in [5.74, 6) is -5.82. The van der Waals surface area contributed by atoms with Gasteiger partial charge in [0.05, 0.1) is 0 Å². The molecule has 0 N–H and O–H groups in total. The second-order valence-corrected chi connectivity index (χ2v) is 1.84. The number of hydrogen-bond donors (Lipinski definition) is 0. The lowest BCUT2D eigenvalue weighted by molar-refractivity contribution is -0.297. The van der Waals surface area contributed by atoms with E-state index in [9.17, 15) is 31.2 Å². The van der Waals surface area contributed by atoms with Crippen LogP contribution in [0.5, 0.6) is 0 Å². The Balaban J connectivity index is 5.30. The Morgan fingerprint density at radius 3 is 1.23 bits per heavy atom. The molecule has 0 heterocycles. The maximum atomic E-state index is 12.2. The molecule has 0 aliphatic rings. The number of alkyl halides is 6. The average Bonchev–Trinajstić information content (AvgIpc) is 2.00. The zero-order valence-corrected chi connectivity index (χ0v) is 5.48. The Morgan fingerprint density at radius 1 is 0.769 bits per heavy atom. The van der Waals surface area contributed by atoms with Crippen molar-refractivity contribution in [2.75, 3.05) is 0 Å². The summed E-state index contributed by atoms with van der Waals surface area (Å²) in [6.07, 6.45) is -6.30. The fourth-order valence-corrected chi connectivity index (χ4v) is 0.338. The van der Waals surface area contributed by atoms with E-state index in [2.05, 4.69) is 0 Å². The molecule has 0 bridgehead atoms. The van der Waals surface area contributed by atoms with Crippen LogP contribution in [0.2, 0.25) is 0 Å². The molecule has 1 unspecified atom stereocenters. The van der Waals surface area contributed by atoms with E-state index in [1.165, 1.54) is 0 Å². The molecule has 0 aromatic rings. The molecule has 0 radical (unpaired) electrons. The van der Waals surface area contributed by atoms with Gasteiger partial charge in [-0.25, -0.2) is 0 Å². The smallest absolute Gasteiger partial charge is 0.194 e. The highest BCUT2D eigenvalue weighted by Crippen LogP contribution is 2.46. The van der Waals surface area contributed by atoms with Crippen molar-refractivity contribution in [2.24, 2.45) is 10.4 Å². The third kappa shape index (κ3) is 1.60. The van der Waals surface area contributed by atoms with Crippen molar-refractivity contribution >= 4 is 0 Å². The molecule has 4 nitrogen and oxygen atoms in total. The second-order valence-electron chi connectivity index (χ2n) is 1.84. The van der Waals surface area contributed by atoms with Crippen molar-refractivity contribution in [2.45, 2.75) is 18.0 Å². The molecule has 0 spiro atoms. The first-order valence-corrected chi connectivity index (χ1v) is 2.45. The van der Waals surface area contributed by atoms with E-state index in [-0.39, 0.29) is 0 Å². The molecule has 0 aliphatic carbocycles. The third-order valence-electron chi connectivity index (χ3n) is 1.01. The van der Waals surface area contributed by atoms with Crippen LogP contribution in [0.1, 0.15) is 0 Å². The van der Waals surface area contributed by atoms with Gasteiger partial charge in [0, 0.05) is 5.18 Å². The Hall–Kier alpha value is -1.22. The summed E-state index contributed by atoms with van der Waals surface area (Å²) in [7, 11) is 0. The minimum atomic E-state index is -6.30. The van der Waals surface area contributed by atoms with Crippen molar-refractivity contribution in [3.8, 4) is 0 Å². The number of halogens is 6. The highest BCUT2D eigenvalue weighted by molar-refractivity contribution is 4.95. The summed E-state index contributed by atoms with van der Waals surface area (Å²) in [6.45, 7) is 0. The van der Waals surface area contributed by atoms with Gasteiger partial charge in [-0.2, -0.15) is 26.3 Å². The van der Waals surface area contributed by atoms with Gasteiger partial charge in [0.1, 0.15) is 0 Å². The Bertz CT molecular complexity index is 226. The molecule has 0 aromatic heterocycles. The van der Waals surface area contributed by atoms with E-state index in [0.29, 0.717) is 10.4 Å². The first-order chi connectivity index (χ1) is 5.62. The lowest BCUT2D eigenvalue weighted by atomic mass is 10.2. The Kier molecular flexibility index (Phi) is 2.65. The van der Waals surface area contributed by atoms with Crippen LogP contribution in [-0.4, -0.2) is 18.0 Å². The first kappa shape index (κ1) is 11.8. The van der Waals surface area contributed by atoms with Crippen molar-refractivity contribution in [3.63, 3.8) is 0 Å². The quantitative estimate of drug-likeness (QED) is 0.407. The molecular formula is C3F6N2O2. The van der Waals surface area contributed by atoms with Crippen molar-refractivity contribution in [3.05, 3.63) is 9.81 Å². The van der Waals surface area contributed by atoms with Gasteiger partial charge in [0.2, 0.25) is 0 Å².